The number of esters is 1. The van der Waals surface area contributed by atoms with Gasteiger partial charge in [0.25, 0.3) is 0 Å². The third-order valence-electron chi connectivity index (χ3n) is 1.82. The normalized spacial score (nSPS) is 12.2. The summed E-state index contributed by atoms with van der Waals surface area (Å²) in [4.78, 5) is 11.1. The summed E-state index contributed by atoms with van der Waals surface area (Å²) in [7, 11) is 2.69. The van der Waals surface area contributed by atoms with Gasteiger partial charge < -0.3 is 14.6 Å². The summed E-state index contributed by atoms with van der Waals surface area (Å²) in [6.07, 6.45) is -1.01. The summed E-state index contributed by atoms with van der Waals surface area (Å²) in [6, 6.07) is 6.46. The van der Waals surface area contributed by atoms with Crippen molar-refractivity contribution in [3.63, 3.8) is 0 Å². The largest absolute Gasteiger partial charge is 0.465 e. The lowest BCUT2D eigenvalue weighted by molar-refractivity contribution is -0.0769. The standard InChI is InChI=1S/C10H12O4/c1-13-9(11)7-4-3-5-8(6-7)10(12)14-2/h3-6,9,11H,1-2H3. The highest BCUT2D eigenvalue weighted by Crippen LogP contribution is 2.15. The third kappa shape index (κ3) is 2.31. The second kappa shape index (κ2) is 4.74. The van der Waals surface area contributed by atoms with Gasteiger partial charge in [-0.3, -0.25) is 0 Å². The van der Waals surface area contributed by atoms with E-state index >= 15 is 0 Å². The summed E-state index contributed by atoms with van der Waals surface area (Å²) >= 11 is 0. The first-order valence-corrected chi connectivity index (χ1v) is 4.08. The number of methoxy groups -OCH3 is 2. The van der Waals surface area contributed by atoms with Crippen LogP contribution in [-0.4, -0.2) is 25.3 Å². The molecule has 1 unspecified atom stereocenters. The van der Waals surface area contributed by atoms with E-state index in [9.17, 15) is 9.90 Å². The molecular weight excluding hydrogens is 184 g/mol. The number of carbonyl (C=O) groups excluding carboxylic acids is 1. The van der Waals surface area contributed by atoms with E-state index in [0.717, 1.165) is 0 Å². The van der Waals surface area contributed by atoms with Gasteiger partial charge >= 0.3 is 5.97 Å². The molecule has 76 valence electrons. The lowest BCUT2D eigenvalue weighted by Crippen LogP contribution is -2.04. The predicted molar refractivity (Wildman–Crippen MR) is 49.8 cm³/mol. The fourth-order valence-electron chi connectivity index (χ4n) is 1.07. The molecule has 1 aromatic rings. The Balaban J connectivity index is 2.95. The Kier molecular flexibility index (Phi) is 3.62. The maximum absolute atomic E-state index is 11.1. The van der Waals surface area contributed by atoms with Gasteiger partial charge in [0.15, 0.2) is 6.29 Å². The van der Waals surface area contributed by atoms with Crippen molar-refractivity contribution in [2.75, 3.05) is 14.2 Å². The Morgan fingerprint density at radius 3 is 2.71 bits per heavy atom. The molecule has 0 bridgehead atoms. The van der Waals surface area contributed by atoms with E-state index in [1.807, 2.05) is 0 Å². The Morgan fingerprint density at radius 1 is 1.43 bits per heavy atom. The molecule has 0 aromatic heterocycles. The van der Waals surface area contributed by atoms with Crippen LogP contribution in [0.4, 0.5) is 0 Å². The van der Waals surface area contributed by atoms with Crippen LogP contribution in [0.25, 0.3) is 0 Å². The minimum absolute atomic E-state index is 0.390. The van der Waals surface area contributed by atoms with Crippen LogP contribution in [-0.2, 0) is 9.47 Å². The molecule has 1 rings (SSSR count). The summed E-state index contributed by atoms with van der Waals surface area (Å²) in [5, 5.41) is 9.33. The summed E-state index contributed by atoms with van der Waals surface area (Å²) in [5.74, 6) is -0.435. The number of rotatable bonds is 3. The first-order chi connectivity index (χ1) is 6.69. The molecule has 0 amide bonds. The van der Waals surface area contributed by atoms with Gasteiger partial charge in [-0.1, -0.05) is 12.1 Å². The van der Waals surface area contributed by atoms with Crippen molar-refractivity contribution in [3.05, 3.63) is 35.4 Å². The van der Waals surface area contributed by atoms with Crippen molar-refractivity contribution in [2.24, 2.45) is 0 Å². The summed E-state index contributed by atoms with van der Waals surface area (Å²) < 4.78 is 9.25. The van der Waals surface area contributed by atoms with Crippen molar-refractivity contribution >= 4 is 5.97 Å². The molecule has 0 saturated heterocycles. The molecular formula is C10H12O4. The van der Waals surface area contributed by atoms with Gasteiger partial charge in [0.05, 0.1) is 12.7 Å². The minimum Gasteiger partial charge on any atom is -0.465 e. The van der Waals surface area contributed by atoms with E-state index in [4.69, 9.17) is 4.74 Å². The molecule has 14 heavy (non-hydrogen) atoms. The molecule has 4 heteroatoms. The zero-order valence-corrected chi connectivity index (χ0v) is 8.06. The topological polar surface area (TPSA) is 55.8 Å². The van der Waals surface area contributed by atoms with Crippen molar-refractivity contribution < 1.29 is 19.4 Å². The quantitative estimate of drug-likeness (QED) is 0.581. The fourth-order valence-corrected chi connectivity index (χ4v) is 1.07. The fraction of sp³-hybridized carbons (Fsp3) is 0.300. The van der Waals surface area contributed by atoms with Crippen LogP contribution in [0.5, 0.6) is 0 Å². The monoisotopic (exact) mass is 196 g/mol. The van der Waals surface area contributed by atoms with E-state index in [-0.39, 0.29) is 0 Å². The van der Waals surface area contributed by atoms with Crippen LogP contribution in [0, 0.1) is 0 Å². The van der Waals surface area contributed by atoms with Crippen molar-refractivity contribution in [3.8, 4) is 0 Å². The Bertz CT molecular complexity index is 322. The molecule has 1 N–H and O–H groups in total. The number of hydrogen-bond donors (Lipinski definition) is 1. The van der Waals surface area contributed by atoms with Gasteiger partial charge in [-0.25, -0.2) is 4.79 Å². The predicted octanol–water partition coefficient (Wildman–Crippen LogP) is 1.11. The van der Waals surface area contributed by atoms with Gasteiger partial charge in [0.1, 0.15) is 0 Å². The van der Waals surface area contributed by atoms with Gasteiger partial charge in [0, 0.05) is 12.7 Å². The lowest BCUT2D eigenvalue weighted by atomic mass is 10.1. The van der Waals surface area contributed by atoms with Gasteiger partial charge in [0.2, 0.25) is 0 Å². The van der Waals surface area contributed by atoms with Crippen molar-refractivity contribution in [1.82, 2.24) is 0 Å². The molecule has 0 radical (unpaired) electrons. The van der Waals surface area contributed by atoms with Gasteiger partial charge in [-0.2, -0.15) is 0 Å². The van der Waals surface area contributed by atoms with Gasteiger partial charge in [-0.05, 0) is 12.1 Å². The highest BCUT2D eigenvalue weighted by molar-refractivity contribution is 5.89. The summed E-state index contributed by atoms with van der Waals surface area (Å²) in [6.45, 7) is 0. The molecule has 0 heterocycles. The number of hydrogen-bond acceptors (Lipinski definition) is 4. The molecule has 0 spiro atoms. The van der Waals surface area contributed by atoms with Crippen LogP contribution >= 0.6 is 0 Å². The lowest BCUT2D eigenvalue weighted by Gasteiger charge is -2.09. The van der Waals surface area contributed by atoms with Crippen LogP contribution in [0.3, 0.4) is 0 Å². The first-order valence-electron chi connectivity index (χ1n) is 4.08. The average molecular weight is 196 g/mol. The smallest absolute Gasteiger partial charge is 0.337 e. The van der Waals surface area contributed by atoms with Crippen molar-refractivity contribution in [2.45, 2.75) is 6.29 Å². The molecule has 4 nitrogen and oxygen atoms in total. The minimum atomic E-state index is -1.01. The molecule has 0 fully saturated rings. The number of carbonyl (C=O) groups is 1. The van der Waals surface area contributed by atoms with Crippen LogP contribution in [0.2, 0.25) is 0 Å². The van der Waals surface area contributed by atoms with E-state index in [1.54, 1.807) is 18.2 Å². The third-order valence-corrected chi connectivity index (χ3v) is 1.82. The molecule has 0 aliphatic heterocycles. The van der Waals surface area contributed by atoms with Gasteiger partial charge in [-0.15, -0.1) is 0 Å². The number of benzene rings is 1. The molecule has 1 atom stereocenters. The van der Waals surface area contributed by atoms with Crippen molar-refractivity contribution in [1.29, 1.82) is 0 Å². The molecule has 1 aromatic carbocycles. The highest BCUT2D eigenvalue weighted by Gasteiger charge is 2.09. The summed E-state index contributed by atoms with van der Waals surface area (Å²) in [5.41, 5.74) is 0.913. The first kappa shape index (κ1) is 10.7. The molecule has 0 aliphatic carbocycles. The van der Waals surface area contributed by atoms with E-state index in [1.165, 1.54) is 20.3 Å². The number of ether oxygens (including phenoxy) is 2. The maximum atomic E-state index is 11.1. The van der Waals surface area contributed by atoms with E-state index < -0.39 is 12.3 Å². The molecule has 0 aliphatic rings. The highest BCUT2D eigenvalue weighted by atomic mass is 16.6. The Labute approximate surface area is 82.1 Å². The maximum Gasteiger partial charge on any atom is 0.337 e. The average Bonchev–Trinajstić information content (AvgIpc) is 2.27. The van der Waals surface area contributed by atoms with E-state index in [0.29, 0.717) is 11.1 Å². The zero-order valence-electron chi connectivity index (χ0n) is 8.06. The van der Waals surface area contributed by atoms with Crippen LogP contribution < -0.4 is 0 Å². The molecule has 0 saturated carbocycles. The SMILES string of the molecule is COC(=O)c1cccc(C(O)OC)c1. The van der Waals surface area contributed by atoms with Crippen LogP contribution in [0.1, 0.15) is 22.2 Å². The Morgan fingerprint density at radius 2 is 2.14 bits per heavy atom. The Hall–Kier alpha value is -1.39. The number of aliphatic hydroxyl groups is 1. The van der Waals surface area contributed by atoms with Crippen LogP contribution in [0.15, 0.2) is 24.3 Å². The number of aliphatic hydroxyl groups excluding tert-OH is 1. The van der Waals surface area contributed by atoms with E-state index in [2.05, 4.69) is 4.74 Å². The second-order valence-electron chi connectivity index (χ2n) is 2.71. The zero-order chi connectivity index (χ0) is 10.6. The second-order valence-corrected chi connectivity index (χ2v) is 2.71.